The topological polar surface area (TPSA) is 236 Å². The van der Waals surface area contributed by atoms with Gasteiger partial charge >= 0.3 is 13.8 Å². The molecule has 1 aliphatic rings. The van der Waals surface area contributed by atoms with Crippen molar-refractivity contribution in [2.24, 2.45) is 0 Å². The monoisotopic (exact) mass is 470 g/mol. The van der Waals surface area contributed by atoms with Crippen molar-refractivity contribution in [2.75, 3.05) is 12.3 Å². The number of ether oxygens (including phenoxy) is 1. The zero-order valence-electron chi connectivity index (χ0n) is 16.1. The van der Waals surface area contributed by atoms with E-state index in [0.717, 1.165) is 0 Å². The molecule has 0 saturated carbocycles. The first-order chi connectivity index (χ1) is 15.1. The van der Waals surface area contributed by atoms with Gasteiger partial charge in [-0.25, -0.2) is 24.3 Å². The number of hydrogen-bond acceptors (Lipinski definition) is 11. The molecule has 0 radical (unpaired) electrons. The van der Waals surface area contributed by atoms with E-state index in [1.807, 2.05) is 0 Å². The Morgan fingerprint density at radius 1 is 1.25 bits per heavy atom. The summed E-state index contributed by atoms with van der Waals surface area (Å²) in [4.78, 5) is 43.0. The average molecular weight is 470 g/mol. The minimum Gasteiger partial charge on any atom is -0.478 e. The van der Waals surface area contributed by atoms with Gasteiger partial charge in [0, 0.05) is 12.4 Å². The van der Waals surface area contributed by atoms with Gasteiger partial charge in [0.25, 0.3) is 0 Å². The number of imidazole rings is 1. The second-order valence-electron chi connectivity index (χ2n) is 6.46. The Kier molecular flexibility index (Phi) is 7.10. The summed E-state index contributed by atoms with van der Waals surface area (Å²) < 4.78 is 21.8. The van der Waals surface area contributed by atoms with Gasteiger partial charge in [-0.2, -0.15) is 0 Å². The zero-order chi connectivity index (χ0) is 23.5. The number of nitrogens with two attached hydrogens (primary N) is 1. The number of aromatic carboxylic acids is 1. The van der Waals surface area contributed by atoms with Crippen molar-refractivity contribution < 1.29 is 43.7 Å². The molecule has 1 fully saturated rings. The Bertz CT molecular complexity index is 1120. The summed E-state index contributed by atoms with van der Waals surface area (Å²) in [6.07, 6.45) is 0.352. The number of nitrogen functional groups attached to an aromatic ring is 1. The maximum Gasteiger partial charge on any atom is 0.469 e. The fraction of sp³-hybridized carbons (Fsp3) is 0.312. The maximum atomic E-state index is 10.7. The van der Waals surface area contributed by atoms with Crippen molar-refractivity contribution in [1.82, 2.24) is 24.5 Å². The molecule has 0 bridgehead atoms. The molecule has 32 heavy (non-hydrogen) atoms. The van der Waals surface area contributed by atoms with E-state index in [1.165, 1.54) is 35.7 Å². The van der Waals surface area contributed by atoms with Gasteiger partial charge in [-0.05, 0) is 12.1 Å². The number of carbonyl (C=O) groups is 1. The number of phosphoric acid groups is 1. The highest BCUT2D eigenvalue weighted by molar-refractivity contribution is 7.46. The fourth-order valence-electron chi connectivity index (χ4n) is 2.81. The Labute approximate surface area is 179 Å². The number of aromatic nitrogens is 5. The number of phosphoric ester groups is 1. The summed E-state index contributed by atoms with van der Waals surface area (Å²) in [5.74, 6) is -0.800. The lowest BCUT2D eigenvalue weighted by Crippen LogP contribution is -2.33. The van der Waals surface area contributed by atoms with Crippen LogP contribution >= 0.6 is 7.82 Å². The van der Waals surface area contributed by atoms with Crippen LogP contribution in [0.1, 0.15) is 16.6 Å². The van der Waals surface area contributed by atoms with Crippen molar-refractivity contribution in [3.63, 3.8) is 0 Å². The Balaban J connectivity index is 0.000000269. The molecule has 0 aliphatic carbocycles. The zero-order valence-corrected chi connectivity index (χ0v) is 17.0. The van der Waals surface area contributed by atoms with E-state index in [0.29, 0.717) is 5.52 Å². The molecule has 0 unspecified atom stereocenters. The Morgan fingerprint density at radius 3 is 2.59 bits per heavy atom. The van der Waals surface area contributed by atoms with E-state index in [-0.39, 0.29) is 17.0 Å². The van der Waals surface area contributed by atoms with E-state index >= 15 is 0 Å². The minimum absolute atomic E-state index is 0.142. The van der Waals surface area contributed by atoms with Crippen LogP contribution in [0.2, 0.25) is 0 Å². The molecule has 3 aromatic rings. The highest BCUT2D eigenvalue weighted by atomic mass is 31.2. The lowest BCUT2D eigenvalue weighted by Gasteiger charge is -2.16. The first kappa shape index (κ1) is 23.6. The standard InChI is InChI=1S/C10H14N5O7P.C6H5NO2/c11-8-5-9(13-2-12-8)15(3-14-5)10-7(17)6(16)4(22-10)1-21-23(18,19)20;8-6(9)5-2-1-3-7-4-5/h2-4,6-7,10,16-17H,1H2,(H2,11,12,13)(H2,18,19,20);1-4H,(H,8,9)/t4-,6-,7-,10-;/m1./s1. The quantitative estimate of drug-likeness (QED) is 0.243. The van der Waals surface area contributed by atoms with Gasteiger partial charge in [-0.3, -0.25) is 14.1 Å². The van der Waals surface area contributed by atoms with Crippen LogP contribution in [0.25, 0.3) is 11.2 Å². The normalized spacial score (nSPS) is 23.0. The number of anilines is 1. The van der Waals surface area contributed by atoms with E-state index in [1.54, 1.807) is 6.07 Å². The second-order valence-corrected chi connectivity index (χ2v) is 7.70. The molecule has 7 N–H and O–H groups in total. The van der Waals surface area contributed by atoms with Gasteiger partial charge in [0.05, 0.1) is 18.5 Å². The molecule has 4 rings (SSSR count). The number of nitrogens with zero attached hydrogens (tertiary/aromatic N) is 5. The molecular weight excluding hydrogens is 451 g/mol. The molecule has 4 heterocycles. The smallest absolute Gasteiger partial charge is 0.469 e. The maximum absolute atomic E-state index is 10.7. The van der Waals surface area contributed by atoms with E-state index in [9.17, 15) is 19.6 Å². The molecule has 1 saturated heterocycles. The van der Waals surface area contributed by atoms with Crippen molar-refractivity contribution in [3.05, 3.63) is 42.7 Å². The van der Waals surface area contributed by atoms with Crippen LogP contribution in [0.15, 0.2) is 37.2 Å². The predicted octanol–water partition coefficient (Wildman–Crippen LogP) is -1.08. The van der Waals surface area contributed by atoms with Gasteiger partial charge < -0.3 is 35.6 Å². The first-order valence-corrected chi connectivity index (χ1v) is 10.4. The molecule has 4 atom stereocenters. The SMILES string of the molecule is Nc1ncnc2c1ncn2[C@@H]1O[C@H](COP(=O)(O)O)[C@@H](O)[C@H]1O.O=C(O)c1cccnc1. The molecule has 15 nitrogen and oxygen atoms in total. The van der Waals surface area contributed by atoms with Gasteiger partial charge in [0.2, 0.25) is 0 Å². The molecule has 172 valence electrons. The molecule has 1 aliphatic heterocycles. The van der Waals surface area contributed by atoms with Gasteiger partial charge in [0.1, 0.15) is 30.2 Å². The largest absolute Gasteiger partial charge is 0.478 e. The number of aliphatic hydroxyl groups is 2. The highest BCUT2D eigenvalue weighted by Gasteiger charge is 2.45. The third-order valence-corrected chi connectivity index (χ3v) is 4.80. The van der Waals surface area contributed by atoms with Gasteiger partial charge in [0.15, 0.2) is 17.7 Å². The van der Waals surface area contributed by atoms with E-state index in [4.69, 9.17) is 25.4 Å². The molecule has 0 aromatic carbocycles. The number of carboxylic acids is 1. The first-order valence-electron chi connectivity index (χ1n) is 8.86. The number of carboxylic acid groups (broad SMARTS) is 1. The molecule has 0 spiro atoms. The highest BCUT2D eigenvalue weighted by Crippen LogP contribution is 2.38. The Hall–Kier alpha value is -3.04. The minimum atomic E-state index is -4.72. The summed E-state index contributed by atoms with van der Waals surface area (Å²) in [6.45, 7) is -0.594. The number of rotatable bonds is 5. The van der Waals surface area contributed by atoms with Crippen LogP contribution in [0.4, 0.5) is 5.82 Å². The third-order valence-electron chi connectivity index (χ3n) is 4.31. The second kappa shape index (κ2) is 9.62. The number of hydrogen-bond donors (Lipinski definition) is 6. The summed E-state index contributed by atoms with van der Waals surface area (Å²) >= 11 is 0. The van der Waals surface area contributed by atoms with Crippen LogP contribution in [0.3, 0.4) is 0 Å². The van der Waals surface area contributed by atoms with E-state index < -0.39 is 44.9 Å². The van der Waals surface area contributed by atoms with E-state index in [2.05, 4.69) is 24.5 Å². The molecule has 3 aromatic heterocycles. The van der Waals surface area contributed by atoms with Crippen molar-refractivity contribution in [3.8, 4) is 0 Å². The lowest BCUT2D eigenvalue weighted by atomic mass is 10.1. The average Bonchev–Trinajstić information content (AvgIpc) is 3.30. The van der Waals surface area contributed by atoms with Crippen molar-refractivity contribution in [1.29, 1.82) is 0 Å². The number of pyridine rings is 1. The van der Waals surface area contributed by atoms with Gasteiger partial charge in [-0.15, -0.1) is 0 Å². The number of aliphatic hydroxyl groups excluding tert-OH is 2. The molecule has 0 amide bonds. The summed E-state index contributed by atoms with van der Waals surface area (Å²) in [7, 11) is -4.72. The fourth-order valence-corrected chi connectivity index (χ4v) is 3.15. The Morgan fingerprint density at radius 2 is 2.00 bits per heavy atom. The predicted molar refractivity (Wildman–Crippen MR) is 105 cm³/mol. The van der Waals surface area contributed by atoms with Crippen LogP contribution in [-0.4, -0.2) is 80.5 Å². The summed E-state index contributed by atoms with van der Waals surface area (Å²) in [5.41, 5.74) is 6.47. The van der Waals surface area contributed by atoms with Crippen LogP contribution < -0.4 is 5.73 Å². The summed E-state index contributed by atoms with van der Waals surface area (Å²) in [5, 5.41) is 28.4. The van der Waals surface area contributed by atoms with Crippen molar-refractivity contribution >= 4 is 30.8 Å². The van der Waals surface area contributed by atoms with Crippen LogP contribution in [-0.2, 0) is 13.8 Å². The van der Waals surface area contributed by atoms with Crippen LogP contribution in [0.5, 0.6) is 0 Å². The third kappa shape index (κ3) is 5.41. The lowest BCUT2D eigenvalue weighted by molar-refractivity contribution is -0.0504. The summed E-state index contributed by atoms with van der Waals surface area (Å²) in [6, 6.07) is 3.08. The number of fused-ring (bicyclic) bond motifs is 1. The van der Waals surface area contributed by atoms with Gasteiger partial charge in [-0.1, -0.05) is 0 Å². The molecular formula is C16H19N6O9P. The molecule has 16 heteroatoms. The van der Waals surface area contributed by atoms with Crippen molar-refractivity contribution in [2.45, 2.75) is 24.5 Å². The van der Waals surface area contributed by atoms with Crippen LogP contribution in [0, 0.1) is 0 Å².